The van der Waals surface area contributed by atoms with E-state index in [-0.39, 0.29) is 0 Å². The molecule has 1 aliphatic heterocycles. The molecular formula is C16H25N3S2. The van der Waals surface area contributed by atoms with E-state index in [2.05, 4.69) is 30.1 Å². The summed E-state index contributed by atoms with van der Waals surface area (Å²) in [4.78, 5) is 9.79. The van der Waals surface area contributed by atoms with Gasteiger partial charge in [0.1, 0.15) is 11.6 Å². The maximum absolute atomic E-state index is 5.00. The molecule has 1 aromatic heterocycles. The number of rotatable bonds is 4. The minimum atomic E-state index is 0.460. The molecule has 21 heavy (non-hydrogen) atoms. The number of hydrogen-bond acceptors (Lipinski definition) is 5. The predicted molar refractivity (Wildman–Crippen MR) is 94.5 cm³/mol. The van der Waals surface area contributed by atoms with Gasteiger partial charge in [-0.15, -0.1) is 11.8 Å². The van der Waals surface area contributed by atoms with Gasteiger partial charge < -0.3 is 5.32 Å². The van der Waals surface area contributed by atoms with E-state index in [9.17, 15) is 0 Å². The predicted octanol–water partition coefficient (Wildman–Crippen LogP) is 4.48. The molecule has 3 rings (SSSR count). The van der Waals surface area contributed by atoms with E-state index in [4.69, 9.17) is 9.97 Å². The lowest BCUT2D eigenvalue weighted by Gasteiger charge is -2.29. The van der Waals surface area contributed by atoms with Gasteiger partial charge >= 0.3 is 0 Å². The van der Waals surface area contributed by atoms with Gasteiger partial charge in [-0.25, -0.2) is 9.97 Å². The molecule has 0 radical (unpaired) electrons. The molecular weight excluding hydrogens is 298 g/mol. The molecule has 1 saturated carbocycles. The van der Waals surface area contributed by atoms with Crippen molar-refractivity contribution in [3.8, 4) is 0 Å². The average Bonchev–Trinajstić information content (AvgIpc) is 3.09. The van der Waals surface area contributed by atoms with Crippen molar-refractivity contribution >= 4 is 29.3 Å². The van der Waals surface area contributed by atoms with Crippen molar-refractivity contribution in [1.82, 2.24) is 9.97 Å². The van der Waals surface area contributed by atoms with Gasteiger partial charge in [-0.2, -0.15) is 11.8 Å². The van der Waals surface area contributed by atoms with Crippen LogP contribution in [0, 0.1) is 0 Å². The number of anilines is 1. The minimum Gasteiger partial charge on any atom is -0.373 e. The first kappa shape index (κ1) is 15.5. The Labute approximate surface area is 136 Å². The Bertz CT molecular complexity index is 475. The average molecular weight is 324 g/mol. The third-order valence-electron chi connectivity index (χ3n) is 4.50. The fourth-order valence-corrected chi connectivity index (χ4v) is 6.31. The molecule has 116 valence electrons. The summed E-state index contributed by atoms with van der Waals surface area (Å²) in [6.07, 6.45) is 6.50. The highest BCUT2D eigenvalue weighted by atomic mass is 32.2. The third-order valence-corrected chi connectivity index (χ3v) is 7.74. The van der Waals surface area contributed by atoms with Gasteiger partial charge in [0.15, 0.2) is 0 Å². The third kappa shape index (κ3) is 3.50. The van der Waals surface area contributed by atoms with Gasteiger partial charge in [-0.3, -0.25) is 0 Å². The Morgan fingerprint density at radius 1 is 1.19 bits per heavy atom. The summed E-state index contributed by atoms with van der Waals surface area (Å²) in [5.74, 6) is 5.19. The molecule has 2 fully saturated rings. The molecule has 2 unspecified atom stereocenters. The van der Waals surface area contributed by atoms with E-state index < -0.39 is 0 Å². The van der Waals surface area contributed by atoms with E-state index in [0.29, 0.717) is 16.4 Å². The van der Waals surface area contributed by atoms with Crippen LogP contribution in [-0.4, -0.2) is 33.8 Å². The molecule has 0 aromatic carbocycles. The first-order valence-corrected chi connectivity index (χ1v) is 10.2. The molecule has 2 heterocycles. The Kier molecular flexibility index (Phi) is 5.33. The van der Waals surface area contributed by atoms with E-state index in [1.807, 2.05) is 18.8 Å². The van der Waals surface area contributed by atoms with Crippen LogP contribution in [0.5, 0.6) is 0 Å². The van der Waals surface area contributed by atoms with Crippen LogP contribution in [0.25, 0.3) is 0 Å². The van der Waals surface area contributed by atoms with Gasteiger partial charge in [-0.1, -0.05) is 19.8 Å². The van der Waals surface area contributed by atoms with Crippen LogP contribution in [0.2, 0.25) is 0 Å². The topological polar surface area (TPSA) is 37.8 Å². The van der Waals surface area contributed by atoms with Crippen LogP contribution < -0.4 is 5.32 Å². The standard InChI is InChI=1S/C16H25N3S2/c1-3-13-15(21-9-8-20-13)16-18-12(10-14(17-2)19-16)11-6-4-5-7-11/h10-11,13,15H,3-9H2,1-2H3,(H,17,18,19). The van der Waals surface area contributed by atoms with Crippen molar-refractivity contribution < 1.29 is 0 Å². The summed E-state index contributed by atoms with van der Waals surface area (Å²) < 4.78 is 0. The van der Waals surface area contributed by atoms with E-state index in [1.54, 1.807) is 0 Å². The largest absolute Gasteiger partial charge is 0.373 e. The second kappa shape index (κ2) is 7.23. The molecule has 1 saturated heterocycles. The number of thioether (sulfide) groups is 2. The SMILES string of the molecule is CCC1SCCSC1c1nc(NC)cc(C2CCCC2)n1. The van der Waals surface area contributed by atoms with Gasteiger partial charge in [0, 0.05) is 41.5 Å². The van der Waals surface area contributed by atoms with Gasteiger partial charge in [0.05, 0.1) is 5.25 Å². The van der Waals surface area contributed by atoms with Crippen molar-refractivity contribution in [2.75, 3.05) is 23.9 Å². The fourth-order valence-electron chi connectivity index (χ4n) is 3.31. The summed E-state index contributed by atoms with van der Waals surface area (Å²) in [6.45, 7) is 2.29. The van der Waals surface area contributed by atoms with Crippen molar-refractivity contribution in [1.29, 1.82) is 0 Å². The van der Waals surface area contributed by atoms with Crippen LogP contribution in [0.4, 0.5) is 5.82 Å². The number of hydrogen-bond donors (Lipinski definition) is 1. The second-order valence-electron chi connectivity index (χ2n) is 5.88. The maximum Gasteiger partial charge on any atom is 0.145 e. The van der Waals surface area contributed by atoms with Crippen LogP contribution in [-0.2, 0) is 0 Å². The molecule has 1 N–H and O–H groups in total. The summed E-state index contributed by atoms with van der Waals surface area (Å²) in [6, 6.07) is 2.17. The summed E-state index contributed by atoms with van der Waals surface area (Å²) >= 11 is 4.14. The van der Waals surface area contributed by atoms with Gasteiger partial charge in [-0.05, 0) is 19.3 Å². The van der Waals surface area contributed by atoms with Crippen LogP contribution in [0.15, 0.2) is 6.07 Å². The zero-order valence-corrected chi connectivity index (χ0v) is 14.6. The van der Waals surface area contributed by atoms with Crippen LogP contribution in [0.1, 0.15) is 61.7 Å². The number of nitrogens with one attached hydrogen (secondary N) is 1. The smallest absolute Gasteiger partial charge is 0.145 e. The lowest BCUT2D eigenvalue weighted by molar-refractivity contribution is 0.672. The highest BCUT2D eigenvalue weighted by Crippen LogP contribution is 2.43. The van der Waals surface area contributed by atoms with Crippen molar-refractivity contribution in [3.05, 3.63) is 17.6 Å². The molecule has 1 aliphatic carbocycles. The lowest BCUT2D eigenvalue weighted by atomic mass is 10.0. The van der Waals surface area contributed by atoms with Crippen molar-refractivity contribution in [3.63, 3.8) is 0 Å². The minimum absolute atomic E-state index is 0.460. The number of aromatic nitrogens is 2. The van der Waals surface area contributed by atoms with Crippen LogP contribution >= 0.6 is 23.5 Å². The normalized spacial score (nSPS) is 27.0. The monoisotopic (exact) mass is 323 g/mol. The van der Waals surface area contributed by atoms with Gasteiger partial charge in [0.2, 0.25) is 0 Å². The first-order valence-electron chi connectivity index (χ1n) is 8.11. The molecule has 0 bridgehead atoms. The van der Waals surface area contributed by atoms with Crippen molar-refractivity contribution in [2.24, 2.45) is 0 Å². The highest BCUT2D eigenvalue weighted by molar-refractivity contribution is 8.06. The Morgan fingerprint density at radius 2 is 1.95 bits per heavy atom. The second-order valence-corrected chi connectivity index (χ2v) is 8.47. The Hall–Kier alpha value is -0.420. The maximum atomic E-state index is 5.00. The highest BCUT2D eigenvalue weighted by Gasteiger charge is 2.30. The summed E-state index contributed by atoms with van der Waals surface area (Å²) in [5, 5.41) is 4.36. The van der Waals surface area contributed by atoms with Gasteiger partial charge in [0.25, 0.3) is 0 Å². The molecule has 3 nitrogen and oxygen atoms in total. The van der Waals surface area contributed by atoms with E-state index >= 15 is 0 Å². The zero-order chi connectivity index (χ0) is 14.7. The molecule has 2 atom stereocenters. The first-order chi connectivity index (χ1) is 10.3. The fraction of sp³-hybridized carbons (Fsp3) is 0.750. The molecule has 5 heteroatoms. The van der Waals surface area contributed by atoms with Crippen LogP contribution in [0.3, 0.4) is 0 Å². The Morgan fingerprint density at radius 3 is 2.67 bits per heavy atom. The molecule has 0 amide bonds. The Balaban J connectivity index is 1.90. The molecule has 1 aromatic rings. The lowest BCUT2D eigenvalue weighted by Crippen LogP contribution is -2.21. The van der Waals surface area contributed by atoms with Crippen molar-refractivity contribution in [2.45, 2.75) is 55.4 Å². The summed E-state index contributed by atoms with van der Waals surface area (Å²) in [7, 11) is 1.96. The zero-order valence-electron chi connectivity index (χ0n) is 13.0. The molecule has 0 spiro atoms. The van der Waals surface area contributed by atoms with E-state index in [1.165, 1.54) is 49.3 Å². The van der Waals surface area contributed by atoms with E-state index in [0.717, 1.165) is 11.6 Å². The quantitative estimate of drug-likeness (QED) is 0.884. The summed E-state index contributed by atoms with van der Waals surface area (Å²) in [5.41, 5.74) is 1.27. The number of nitrogens with zero attached hydrogens (tertiary/aromatic N) is 2. The molecule has 2 aliphatic rings.